The van der Waals surface area contributed by atoms with Gasteiger partial charge >= 0.3 is 0 Å². The highest BCUT2D eigenvalue weighted by atomic mass is 32.2. The Morgan fingerprint density at radius 3 is 2.15 bits per heavy atom. The van der Waals surface area contributed by atoms with Crippen molar-refractivity contribution in [1.29, 1.82) is 0 Å². The quantitative estimate of drug-likeness (QED) is 0.664. The molecule has 0 bridgehead atoms. The fourth-order valence-corrected chi connectivity index (χ4v) is 3.87. The molecule has 2 aromatic carbocycles. The summed E-state index contributed by atoms with van der Waals surface area (Å²) in [5.74, 6) is 0.0882. The fourth-order valence-electron chi connectivity index (χ4n) is 2.41. The number of sulfonamides is 1. The molecule has 0 fully saturated rings. The summed E-state index contributed by atoms with van der Waals surface area (Å²) in [7, 11) is -3.53. The number of rotatable bonds is 9. The van der Waals surface area contributed by atoms with Crippen LogP contribution in [-0.4, -0.2) is 44.6 Å². The molecular weight excluding hydrogens is 368 g/mol. The van der Waals surface area contributed by atoms with Crippen molar-refractivity contribution < 1.29 is 22.7 Å². The lowest BCUT2D eigenvalue weighted by Gasteiger charge is -2.18. The van der Waals surface area contributed by atoms with Crippen molar-refractivity contribution in [3.05, 3.63) is 54.1 Å². The van der Waals surface area contributed by atoms with Crippen LogP contribution < -0.4 is 10.1 Å². The Balaban J connectivity index is 1.95. The lowest BCUT2D eigenvalue weighted by Crippen LogP contribution is -2.30. The van der Waals surface area contributed by atoms with Gasteiger partial charge in [-0.2, -0.15) is 4.31 Å². The van der Waals surface area contributed by atoms with Gasteiger partial charge in [-0.25, -0.2) is 8.42 Å². The highest BCUT2D eigenvalue weighted by molar-refractivity contribution is 7.89. The molecule has 0 aromatic heterocycles. The van der Waals surface area contributed by atoms with Crippen LogP contribution >= 0.6 is 0 Å². The molecule has 0 radical (unpaired) electrons. The van der Waals surface area contributed by atoms with Crippen molar-refractivity contribution in [3.63, 3.8) is 0 Å². The predicted octanol–water partition coefficient (Wildman–Crippen LogP) is 2.55. The van der Waals surface area contributed by atoms with Crippen LogP contribution in [0.25, 0.3) is 0 Å². The Hall–Kier alpha value is -2.71. The van der Waals surface area contributed by atoms with Crippen LogP contribution in [0.4, 0.5) is 5.69 Å². The molecule has 0 saturated heterocycles. The molecule has 1 N–H and O–H groups in total. The van der Waals surface area contributed by atoms with E-state index in [0.717, 1.165) is 6.29 Å². The fraction of sp³-hybridized carbons (Fsp3) is 0.263. The molecule has 144 valence electrons. The third-order valence-electron chi connectivity index (χ3n) is 3.87. The number of nitrogens with one attached hydrogen (secondary N) is 1. The summed E-state index contributed by atoms with van der Waals surface area (Å²) < 4.78 is 31.6. The minimum atomic E-state index is -3.53. The second kappa shape index (κ2) is 9.29. The summed E-state index contributed by atoms with van der Waals surface area (Å²) >= 11 is 0. The number of carbonyl (C=O) groups excluding carboxylic acids is 2. The Morgan fingerprint density at radius 1 is 1.04 bits per heavy atom. The molecule has 0 atom stereocenters. The summed E-state index contributed by atoms with van der Waals surface area (Å²) in [6.07, 6.45) is 0.723. The maximum atomic E-state index is 12.4. The van der Waals surface area contributed by atoms with E-state index in [2.05, 4.69) is 5.32 Å². The largest absolute Gasteiger partial charge is 0.484 e. The molecular formula is C19H22N2O5S. The van der Waals surface area contributed by atoms with Gasteiger partial charge in [0, 0.05) is 24.3 Å². The van der Waals surface area contributed by atoms with E-state index >= 15 is 0 Å². The Morgan fingerprint density at radius 2 is 1.63 bits per heavy atom. The first kappa shape index (κ1) is 20.6. The van der Waals surface area contributed by atoms with Gasteiger partial charge in [-0.3, -0.25) is 9.59 Å². The first-order chi connectivity index (χ1) is 12.9. The van der Waals surface area contributed by atoms with Crippen LogP contribution in [0.3, 0.4) is 0 Å². The summed E-state index contributed by atoms with van der Waals surface area (Å²) in [6, 6.07) is 12.4. The van der Waals surface area contributed by atoms with E-state index in [-0.39, 0.29) is 17.4 Å². The number of carbonyl (C=O) groups is 2. The SMILES string of the molecule is CCN(CC)S(=O)(=O)c1ccc(NC(=O)COc2ccc(C=O)cc2)cc1. The van der Waals surface area contributed by atoms with Crippen LogP contribution in [0, 0.1) is 0 Å². The van der Waals surface area contributed by atoms with Gasteiger partial charge in [0.15, 0.2) is 6.61 Å². The number of hydrogen-bond donors (Lipinski definition) is 1. The summed E-state index contributed by atoms with van der Waals surface area (Å²) in [5, 5.41) is 2.64. The molecule has 2 rings (SSSR count). The van der Waals surface area contributed by atoms with Gasteiger partial charge in [-0.15, -0.1) is 0 Å². The second-order valence-corrected chi connectivity index (χ2v) is 7.58. The van der Waals surface area contributed by atoms with Gasteiger partial charge in [0.1, 0.15) is 12.0 Å². The van der Waals surface area contributed by atoms with Gasteiger partial charge in [-0.1, -0.05) is 13.8 Å². The lowest BCUT2D eigenvalue weighted by atomic mass is 10.2. The number of nitrogens with zero attached hydrogens (tertiary/aromatic N) is 1. The number of benzene rings is 2. The Labute approximate surface area is 159 Å². The number of ether oxygens (including phenoxy) is 1. The van der Waals surface area contributed by atoms with Crippen LogP contribution in [-0.2, 0) is 14.8 Å². The van der Waals surface area contributed by atoms with E-state index in [1.54, 1.807) is 38.1 Å². The highest BCUT2D eigenvalue weighted by Crippen LogP contribution is 2.18. The van der Waals surface area contributed by atoms with Crippen molar-refractivity contribution in [3.8, 4) is 5.75 Å². The summed E-state index contributed by atoms with van der Waals surface area (Å²) in [4.78, 5) is 22.7. The Bertz CT molecular complexity index is 873. The molecule has 0 unspecified atom stereocenters. The maximum Gasteiger partial charge on any atom is 0.262 e. The summed E-state index contributed by atoms with van der Waals surface area (Å²) in [5.41, 5.74) is 0.991. The van der Waals surface area contributed by atoms with E-state index in [1.165, 1.54) is 28.6 Å². The van der Waals surface area contributed by atoms with Crippen molar-refractivity contribution in [1.82, 2.24) is 4.31 Å². The van der Waals surface area contributed by atoms with Gasteiger partial charge in [0.2, 0.25) is 10.0 Å². The average Bonchev–Trinajstić information content (AvgIpc) is 2.68. The molecule has 0 saturated carbocycles. The molecule has 0 aliphatic heterocycles. The van der Waals surface area contributed by atoms with Gasteiger partial charge in [0.25, 0.3) is 5.91 Å². The van der Waals surface area contributed by atoms with E-state index in [0.29, 0.717) is 30.1 Å². The van der Waals surface area contributed by atoms with E-state index < -0.39 is 10.0 Å². The van der Waals surface area contributed by atoms with E-state index in [1.807, 2.05) is 0 Å². The van der Waals surface area contributed by atoms with Crippen molar-refractivity contribution >= 4 is 27.9 Å². The number of amides is 1. The zero-order valence-corrected chi connectivity index (χ0v) is 16.0. The van der Waals surface area contributed by atoms with E-state index in [9.17, 15) is 18.0 Å². The second-order valence-electron chi connectivity index (χ2n) is 5.64. The van der Waals surface area contributed by atoms with Crippen LogP contribution in [0.1, 0.15) is 24.2 Å². The molecule has 0 spiro atoms. The number of aldehydes is 1. The predicted molar refractivity (Wildman–Crippen MR) is 103 cm³/mol. The highest BCUT2D eigenvalue weighted by Gasteiger charge is 2.21. The molecule has 2 aromatic rings. The van der Waals surface area contributed by atoms with Crippen molar-refractivity contribution in [2.24, 2.45) is 0 Å². The van der Waals surface area contributed by atoms with Crippen LogP contribution in [0.5, 0.6) is 5.75 Å². The van der Waals surface area contributed by atoms with Gasteiger partial charge < -0.3 is 10.1 Å². The number of hydrogen-bond acceptors (Lipinski definition) is 5. The van der Waals surface area contributed by atoms with Gasteiger partial charge in [0.05, 0.1) is 4.90 Å². The van der Waals surface area contributed by atoms with Crippen LogP contribution in [0.2, 0.25) is 0 Å². The molecule has 0 heterocycles. The molecule has 7 nitrogen and oxygen atoms in total. The molecule has 8 heteroatoms. The smallest absolute Gasteiger partial charge is 0.262 e. The third-order valence-corrected chi connectivity index (χ3v) is 5.93. The zero-order valence-electron chi connectivity index (χ0n) is 15.2. The minimum Gasteiger partial charge on any atom is -0.484 e. The monoisotopic (exact) mass is 390 g/mol. The number of anilines is 1. The molecule has 0 aliphatic carbocycles. The van der Waals surface area contributed by atoms with Crippen molar-refractivity contribution in [2.75, 3.05) is 25.0 Å². The third kappa shape index (κ3) is 5.38. The molecule has 0 aliphatic rings. The first-order valence-electron chi connectivity index (χ1n) is 8.48. The summed E-state index contributed by atoms with van der Waals surface area (Å²) in [6.45, 7) is 4.13. The topological polar surface area (TPSA) is 92.8 Å². The Kier molecular flexibility index (Phi) is 7.09. The molecule has 1 amide bonds. The lowest BCUT2D eigenvalue weighted by molar-refractivity contribution is -0.118. The standard InChI is InChI=1S/C19H22N2O5S/c1-3-21(4-2)27(24,25)18-11-7-16(8-12-18)20-19(23)14-26-17-9-5-15(13-22)6-10-17/h5-13H,3-4,14H2,1-2H3,(H,20,23). The van der Waals surface area contributed by atoms with Gasteiger partial charge in [-0.05, 0) is 48.5 Å². The normalized spacial score (nSPS) is 11.2. The van der Waals surface area contributed by atoms with Crippen LogP contribution in [0.15, 0.2) is 53.4 Å². The minimum absolute atomic E-state index is 0.177. The molecule has 27 heavy (non-hydrogen) atoms. The maximum absolute atomic E-state index is 12.4. The first-order valence-corrected chi connectivity index (χ1v) is 9.92. The van der Waals surface area contributed by atoms with E-state index in [4.69, 9.17) is 4.74 Å². The zero-order chi connectivity index (χ0) is 19.9. The van der Waals surface area contributed by atoms with Crippen molar-refractivity contribution in [2.45, 2.75) is 18.7 Å². The average molecular weight is 390 g/mol.